The Morgan fingerprint density at radius 3 is 2.39 bits per heavy atom. The van der Waals surface area contributed by atoms with E-state index in [9.17, 15) is 5.26 Å². The highest BCUT2D eigenvalue weighted by molar-refractivity contribution is 7.99. The summed E-state index contributed by atoms with van der Waals surface area (Å²) >= 11 is 7.61. The van der Waals surface area contributed by atoms with Gasteiger partial charge in [0.25, 0.3) is 0 Å². The lowest BCUT2D eigenvalue weighted by molar-refractivity contribution is 0.393. The Hall–Kier alpha value is -1.18. The molecule has 0 radical (unpaired) electrons. The number of rotatable bonds is 6. The van der Waals surface area contributed by atoms with Gasteiger partial charge in [-0.25, -0.2) is 0 Å². The zero-order valence-electron chi connectivity index (χ0n) is 13.2. The summed E-state index contributed by atoms with van der Waals surface area (Å²) in [5.41, 5.74) is 1.10. The van der Waals surface area contributed by atoms with Crippen molar-refractivity contribution in [2.45, 2.75) is 22.1 Å². The molecule has 0 heterocycles. The molecular weight excluding hydrogens is 347 g/mol. The molecule has 2 rings (SSSR count). The van der Waals surface area contributed by atoms with Gasteiger partial charge in [0.05, 0.1) is 12.0 Å². The van der Waals surface area contributed by atoms with Crippen molar-refractivity contribution in [3.8, 4) is 6.07 Å². The number of hydrogen-bond acceptors (Lipinski definition) is 3. The minimum absolute atomic E-state index is 0. The maximum absolute atomic E-state index is 9.52. The highest BCUT2D eigenvalue weighted by Gasteiger charge is 2.15. The second-order valence-electron chi connectivity index (χ2n) is 5.37. The van der Waals surface area contributed by atoms with E-state index in [0.717, 1.165) is 33.3 Å². The van der Waals surface area contributed by atoms with Crippen molar-refractivity contribution in [1.82, 2.24) is 4.90 Å². The Morgan fingerprint density at radius 2 is 1.78 bits per heavy atom. The third-order valence-corrected chi connectivity index (χ3v) is 4.71. The van der Waals surface area contributed by atoms with Gasteiger partial charge in [0.2, 0.25) is 0 Å². The van der Waals surface area contributed by atoms with Gasteiger partial charge in [0.1, 0.15) is 0 Å². The van der Waals surface area contributed by atoms with Crippen molar-refractivity contribution in [3.05, 3.63) is 59.1 Å². The molecule has 0 saturated heterocycles. The molecule has 0 amide bonds. The quantitative estimate of drug-likeness (QED) is 0.677. The van der Waals surface area contributed by atoms with Crippen LogP contribution in [0, 0.1) is 11.3 Å². The van der Waals surface area contributed by atoms with E-state index in [-0.39, 0.29) is 18.3 Å². The molecule has 0 aliphatic carbocycles. The predicted octanol–water partition coefficient (Wildman–Crippen LogP) is 5.47. The van der Waals surface area contributed by atoms with Gasteiger partial charge in [-0.05, 0) is 63.0 Å². The van der Waals surface area contributed by atoms with Crippen LogP contribution < -0.4 is 0 Å². The van der Waals surface area contributed by atoms with E-state index in [4.69, 9.17) is 11.6 Å². The highest BCUT2D eigenvalue weighted by atomic mass is 35.5. The highest BCUT2D eigenvalue weighted by Crippen LogP contribution is 2.35. The van der Waals surface area contributed by atoms with Gasteiger partial charge in [-0.1, -0.05) is 41.6 Å². The van der Waals surface area contributed by atoms with Crippen molar-refractivity contribution in [1.29, 1.82) is 5.26 Å². The van der Waals surface area contributed by atoms with Crippen LogP contribution in [-0.4, -0.2) is 25.5 Å². The van der Waals surface area contributed by atoms with Gasteiger partial charge in [-0.3, -0.25) is 0 Å². The van der Waals surface area contributed by atoms with E-state index in [0.29, 0.717) is 0 Å². The van der Waals surface area contributed by atoms with Gasteiger partial charge in [-0.2, -0.15) is 5.26 Å². The first-order chi connectivity index (χ1) is 10.6. The van der Waals surface area contributed by atoms with Gasteiger partial charge < -0.3 is 4.90 Å². The van der Waals surface area contributed by atoms with Crippen LogP contribution in [0.1, 0.15) is 17.9 Å². The average molecular weight is 367 g/mol. The third kappa shape index (κ3) is 6.08. The molecule has 122 valence electrons. The molecule has 0 aliphatic heterocycles. The normalized spacial score (nSPS) is 11.6. The third-order valence-electron chi connectivity index (χ3n) is 3.36. The van der Waals surface area contributed by atoms with E-state index in [1.165, 1.54) is 0 Å². The SMILES string of the molecule is CN(C)CCC(C#N)c1ccccc1Sc1ccc(Cl)cc1.Cl. The molecule has 0 bridgehead atoms. The molecule has 0 aliphatic rings. The van der Waals surface area contributed by atoms with E-state index >= 15 is 0 Å². The summed E-state index contributed by atoms with van der Waals surface area (Å²) in [7, 11) is 4.06. The minimum Gasteiger partial charge on any atom is -0.309 e. The maximum atomic E-state index is 9.52. The van der Waals surface area contributed by atoms with Gasteiger partial charge >= 0.3 is 0 Å². The molecule has 0 N–H and O–H groups in total. The second-order valence-corrected chi connectivity index (χ2v) is 6.92. The smallest absolute Gasteiger partial charge is 0.0735 e. The number of halogens is 2. The zero-order chi connectivity index (χ0) is 15.9. The van der Waals surface area contributed by atoms with Gasteiger partial charge in [-0.15, -0.1) is 12.4 Å². The molecule has 1 unspecified atom stereocenters. The molecule has 0 aromatic heterocycles. The maximum Gasteiger partial charge on any atom is 0.0735 e. The lowest BCUT2D eigenvalue weighted by Gasteiger charge is -2.16. The fraction of sp³-hybridized carbons (Fsp3) is 0.278. The predicted molar refractivity (Wildman–Crippen MR) is 101 cm³/mol. The molecule has 2 aromatic carbocycles. The number of hydrogen-bond donors (Lipinski definition) is 0. The summed E-state index contributed by atoms with van der Waals surface area (Å²) in [6.07, 6.45) is 0.835. The molecule has 0 fully saturated rings. The molecule has 2 nitrogen and oxygen atoms in total. The number of nitrogens with zero attached hydrogens (tertiary/aromatic N) is 2. The van der Waals surface area contributed by atoms with E-state index < -0.39 is 0 Å². The lowest BCUT2D eigenvalue weighted by atomic mass is 9.97. The Morgan fingerprint density at radius 1 is 1.13 bits per heavy atom. The van der Waals surface area contributed by atoms with Crippen LogP contribution >= 0.6 is 35.8 Å². The summed E-state index contributed by atoms with van der Waals surface area (Å²) in [6, 6.07) is 18.4. The van der Waals surface area contributed by atoms with Crippen LogP contribution in [0.2, 0.25) is 5.02 Å². The van der Waals surface area contributed by atoms with Crippen LogP contribution in [0.25, 0.3) is 0 Å². The first-order valence-electron chi connectivity index (χ1n) is 7.17. The Labute approximate surface area is 153 Å². The molecule has 2 aromatic rings. The van der Waals surface area contributed by atoms with Crippen molar-refractivity contribution in [2.75, 3.05) is 20.6 Å². The monoisotopic (exact) mass is 366 g/mol. The summed E-state index contributed by atoms with van der Waals surface area (Å²) in [4.78, 5) is 4.37. The number of benzene rings is 2. The van der Waals surface area contributed by atoms with Gasteiger partial charge in [0, 0.05) is 14.8 Å². The van der Waals surface area contributed by atoms with Crippen LogP contribution in [0.3, 0.4) is 0 Å². The second kappa shape index (κ2) is 9.85. The Balaban J connectivity index is 0.00000264. The van der Waals surface area contributed by atoms with E-state index in [2.05, 4.69) is 23.1 Å². The van der Waals surface area contributed by atoms with Crippen LogP contribution in [0.5, 0.6) is 0 Å². The Bertz CT molecular complexity index is 651. The molecule has 0 saturated carbocycles. The molecule has 5 heteroatoms. The van der Waals surface area contributed by atoms with Crippen molar-refractivity contribution >= 4 is 35.8 Å². The lowest BCUT2D eigenvalue weighted by Crippen LogP contribution is -2.15. The molecule has 23 heavy (non-hydrogen) atoms. The summed E-state index contributed by atoms with van der Waals surface area (Å²) in [5.74, 6) is -0.0848. The first kappa shape index (κ1) is 19.9. The average Bonchev–Trinajstić information content (AvgIpc) is 2.51. The standard InChI is InChI=1S/C18H19ClN2S.ClH/c1-21(2)12-11-14(13-20)17-5-3-4-6-18(17)22-16-9-7-15(19)8-10-16;/h3-10,14H,11-12H2,1-2H3;1H. The zero-order valence-corrected chi connectivity index (χ0v) is 15.6. The topological polar surface area (TPSA) is 27.0 Å². The summed E-state index contributed by atoms with van der Waals surface area (Å²) < 4.78 is 0. The van der Waals surface area contributed by atoms with E-state index in [1.807, 2.05) is 50.5 Å². The minimum atomic E-state index is -0.0848. The number of nitriles is 1. The van der Waals surface area contributed by atoms with Crippen LogP contribution in [-0.2, 0) is 0 Å². The van der Waals surface area contributed by atoms with Gasteiger partial charge in [0.15, 0.2) is 0 Å². The van der Waals surface area contributed by atoms with Crippen molar-refractivity contribution < 1.29 is 0 Å². The molecule has 0 spiro atoms. The molecule has 1 atom stereocenters. The van der Waals surface area contributed by atoms with E-state index in [1.54, 1.807) is 11.8 Å². The Kier molecular flexibility index (Phi) is 8.51. The van der Waals surface area contributed by atoms with Crippen molar-refractivity contribution in [3.63, 3.8) is 0 Å². The first-order valence-corrected chi connectivity index (χ1v) is 8.36. The largest absolute Gasteiger partial charge is 0.309 e. The van der Waals surface area contributed by atoms with Crippen LogP contribution in [0.15, 0.2) is 58.3 Å². The van der Waals surface area contributed by atoms with Crippen LogP contribution in [0.4, 0.5) is 0 Å². The summed E-state index contributed by atoms with van der Waals surface area (Å²) in [5, 5.41) is 10.3. The summed E-state index contributed by atoms with van der Waals surface area (Å²) in [6.45, 7) is 0.901. The van der Waals surface area contributed by atoms with Crippen molar-refractivity contribution in [2.24, 2.45) is 0 Å². The fourth-order valence-corrected chi connectivity index (χ4v) is 3.29. The molecular formula is C18H20Cl2N2S. The fourth-order valence-electron chi connectivity index (χ4n) is 2.17.